The molecule has 3 nitrogen and oxygen atoms in total. The SMILES string of the molecule is CC#CC(=O)OCC(C)(C)OC(C)C1=CC(C)(C)CC1. The Kier molecular flexibility index (Phi) is 5.42. The normalized spacial score (nSPS) is 18.8. The molecule has 0 radical (unpaired) electrons. The molecule has 0 heterocycles. The molecule has 0 aliphatic heterocycles. The van der Waals surface area contributed by atoms with E-state index in [0.29, 0.717) is 0 Å². The fourth-order valence-electron chi connectivity index (χ4n) is 2.40. The summed E-state index contributed by atoms with van der Waals surface area (Å²) in [5.74, 6) is 4.38. The number of allylic oxidation sites excluding steroid dienone is 1. The number of esters is 1. The zero-order valence-corrected chi connectivity index (χ0v) is 13.5. The number of ether oxygens (including phenoxy) is 2. The third-order valence-electron chi connectivity index (χ3n) is 3.43. The molecular formula is C17H26O3. The van der Waals surface area contributed by atoms with Crippen molar-refractivity contribution in [3.63, 3.8) is 0 Å². The Labute approximate surface area is 122 Å². The molecule has 1 rings (SSSR count). The van der Waals surface area contributed by atoms with Crippen molar-refractivity contribution in [1.82, 2.24) is 0 Å². The highest BCUT2D eigenvalue weighted by molar-refractivity contribution is 5.88. The first kappa shape index (κ1) is 16.8. The van der Waals surface area contributed by atoms with Crippen LogP contribution in [0.2, 0.25) is 0 Å². The van der Waals surface area contributed by atoms with E-state index in [1.165, 1.54) is 5.57 Å². The van der Waals surface area contributed by atoms with Gasteiger partial charge < -0.3 is 9.47 Å². The minimum Gasteiger partial charge on any atom is -0.453 e. The van der Waals surface area contributed by atoms with Crippen molar-refractivity contribution in [2.24, 2.45) is 5.41 Å². The predicted molar refractivity (Wildman–Crippen MR) is 80.1 cm³/mol. The summed E-state index contributed by atoms with van der Waals surface area (Å²) in [7, 11) is 0. The molecule has 0 saturated carbocycles. The molecule has 1 aliphatic rings. The van der Waals surface area contributed by atoms with Crippen LogP contribution >= 0.6 is 0 Å². The molecule has 0 aromatic heterocycles. The third-order valence-corrected chi connectivity index (χ3v) is 3.43. The Morgan fingerprint density at radius 2 is 2.15 bits per heavy atom. The van der Waals surface area contributed by atoms with Gasteiger partial charge in [0.1, 0.15) is 6.61 Å². The summed E-state index contributed by atoms with van der Waals surface area (Å²) in [5, 5.41) is 0. The molecular weight excluding hydrogens is 252 g/mol. The number of hydrogen-bond acceptors (Lipinski definition) is 3. The van der Waals surface area contributed by atoms with Crippen molar-refractivity contribution in [1.29, 1.82) is 0 Å². The van der Waals surface area contributed by atoms with Gasteiger partial charge in [-0.2, -0.15) is 0 Å². The maximum Gasteiger partial charge on any atom is 0.384 e. The van der Waals surface area contributed by atoms with Gasteiger partial charge in [-0.05, 0) is 51.5 Å². The van der Waals surface area contributed by atoms with E-state index in [4.69, 9.17) is 9.47 Å². The molecule has 0 saturated heterocycles. The molecule has 0 amide bonds. The largest absolute Gasteiger partial charge is 0.453 e. The molecule has 112 valence electrons. The van der Waals surface area contributed by atoms with Gasteiger partial charge in [-0.3, -0.25) is 0 Å². The lowest BCUT2D eigenvalue weighted by Gasteiger charge is -2.29. The maximum absolute atomic E-state index is 11.3. The van der Waals surface area contributed by atoms with Crippen LogP contribution in [-0.4, -0.2) is 24.3 Å². The molecule has 0 fully saturated rings. The molecule has 1 aliphatic carbocycles. The van der Waals surface area contributed by atoms with Crippen LogP contribution < -0.4 is 0 Å². The summed E-state index contributed by atoms with van der Waals surface area (Å²) in [6.45, 7) is 12.2. The predicted octanol–water partition coefficient (Wildman–Crippen LogP) is 3.48. The van der Waals surface area contributed by atoms with Crippen molar-refractivity contribution in [2.45, 2.75) is 66.1 Å². The highest BCUT2D eigenvalue weighted by atomic mass is 16.6. The lowest BCUT2D eigenvalue weighted by atomic mass is 9.94. The first-order valence-corrected chi connectivity index (χ1v) is 7.14. The van der Waals surface area contributed by atoms with E-state index in [1.807, 2.05) is 13.8 Å². The Balaban J connectivity index is 2.53. The quantitative estimate of drug-likeness (QED) is 0.334. The zero-order valence-electron chi connectivity index (χ0n) is 13.5. The molecule has 0 N–H and O–H groups in total. The van der Waals surface area contributed by atoms with Gasteiger partial charge in [0.25, 0.3) is 0 Å². The second kappa shape index (κ2) is 6.45. The standard InChI is InChI=1S/C17H26O3/c1-7-8-15(18)19-12-17(5,6)20-13(2)14-9-10-16(3,4)11-14/h11,13H,9-10,12H2,1-6H3. The molecule has 1 atom stereocenters. The Morgan fingerprint density at radius 1 is 1.50 bits per heavy atom. The van der Waals surface area contributed by atoms with E-state index in [0.717, 1.165) is 12.8 Å². The first-order chi connectivity index (χ1) is 9.15. The molecule has 0 aromatic rings. The van der Waals surface area contributed by atoms with Gasteiger partial charge in [-0.25, -0.2) is 4.79 Å². The van der Waals surface area contributed by atoms with Crippen LogP contribution in [0.15, 0.2) is 11.6 Å². The van der Waals surface area contributed by atoms with Crippen LogP contribution in [0, 0.1) is 17.3 Å². The fraction of sp³-hybridized carbons (Fsp3) is 0.706. The fourth-order valence-corrected chi connectivity index (χ4v) is 2.40. The lowest BCUT2D eigenvalue weighted by molar-refractivity contribution is -0.149. The summed E-state index contributed by atoms with van der Waals surface area (Å²) in [4.78, 5) is 11.3. The Hall–Kier alpha value is -1.27. The molecule has 1 unspecified atom stereocenters. The van der Waals surface area contributed by atoms with Gasteiger partial charge in [0.05, 0.1) is 11.7 Å². The zero-order chi connectivity index (χ0) is 15.4. The van der Waals surface area contributed by atoms with Crippen LogP contribution in [0.1, 0.15) is 54.4 Å². The minimum absolute atomic E-state index is 0.0442. The van der Waals surface area contributed by atoms with Crippen LogP contribution in [0.25, 0.3) is 0 Å². The monoisotopic (exact) mass is 278 g/mol. The van der Waals surface area contributed by atoms with Crippen LogP contribution in [0.5, 0.6) is 0 Å². The number of hydrogen-bond donors (Lipinski definition) is 0. The molecule has 0 bridgehead atoms. The highest BCUT2D eigenvalue weighted by Crippen LogP contribution is 2.37. The average Bonchev–Trinajstić information content (AvgIpc) is 2.67. The summed E-state index contributed by atoms with van der Waals surface area (Å²) < 4.78 is 11.1. The van der Waals surface area contributed by atoms with Crippen molar-refractivity contribution >= 4 is 5.97 Å². The molecule has 20 heavy (non-hydrogen) atoms. The van der Waals surface area contributed by atoms with E-state index in [-0.39, 0.29) is 18.1 Å². The summed E-state index contributed by atoms with van der Waals surface area (Å²) in [6, 6.07) is 0. The number of carbonyl (C=O) groups is 1. The molecule has 0 spiro atoms. The average molecular weight is 278 g/mol. The van der Waals surface area contributed by atoms with E-state index in [1.54, 1.807) is 6.92 Å². The van der Waals surface area contributed by atoms with E-state index < -0.39 is 11.6 Å². The van der Waals surface area contributed by atoms with Crippen LogP contribution in [0.3, 0.4) is 0 Å². The summed E-state index contributed by atoms with van der Waals surface area (Å²) >= 11 is 0. The van der Waals surface area contributed by atoms with Crippen LogP contribution in [-0.2, 0) is 14.3 Å². The number of carbonyl (C=O) groups excluding carboxylic acids is 1. The Bertz CT molecular complexity index is 447. The van der Waals surface area contributed by atoms with Gasteiger partial charge in [-0.15, -0.1) is 0 Å². The summed E-state index contributed by atoms with van der Waals surface area (Å²) in [5.41, 5.74) is 1.08. The van der Waals surface area contributed by atoms with Crippen LogP contribution in [0.4, 0.5) is 0 Å². The minimum atomic E-state index is -0.516. The third kappa shape index (κ3) is 5.38. The smallest absolute Gasteiger partial charge is 0.384 e. The van der Waals surface area contributed by atoms with Gasteiger partial charge in [0.15, 0.2) is 0 Å². The lowest BCUT2D eigenvalue weighted by Crippen LogP contribution is -2.35. The van der Waals surface area contributed by atoms with Gasteiger partial charge >= 0.3 is 5.97 Å². The van der Waals surface area contributed by atoms with E-state index >= 15 is 0 Å². The van der Waals surface area contributed by atoms with Crippen molar-refractivity contribution < 1.29 is 14.3 Å². The number of rotatable bonds is 5. The van der Waals surface area contributed by atoms with Crippen molar-refractivity contribution in [3.05, 3.63) is 11.6 Å². The van der Waals surface area contributed by atoms with E-state index in [9.17, 15) is 4.79 Å². The van der Waals surface area contributed by atoms with Gasteiger partial charge in [0, 0.05) is 5.92 Å². The molecule has 3 heteroatoms. The maximum atomic E-state index is 11.3. The summed E-state index contributed by atoms with van der Waals surface area (Å²) in [6.07, 6.45) is 4.59. The van der Waals surface area contributed by atoms with Crippen molar-refractivity contribution in [2.75, 3.05) is 6.61 Å². The van der Waals surface area contributed by atoms with Gasteiger partial charge in [0.2, 0.25) is 0 Å². The second-order valence-electron chi connectivity index (χ2n) is 6.68. The van der Waals surface area contributed by atoms with E-state index in [2.05, 4.69) is 38.7 Å². The van der Waals surface area contributed by atoms with Crippen molar-refractivity contribution in [3.8, 4) is 11.8 Å². The topological polar surface area (TPSA) is 35.5 Å². The highest BCUT2D eigenvalue weighted by Gasteiger charge is 2.30. The first-order valence-electron chi connectivity index (χ1n) is 7.14. The van der Waals surface area contributed by atoms with Gasteiger partial charge in [-0.1, -0.05) is 25.8 Å². The second-order valence-corrected chi connectivity index (χ2v) is 6.68. The Morgan fingerprint density at radius 3 is 2.65 bits per heavy atom. The molecule has 0 aromatic carbocycles.